The lowest BCUT2D eigenvalue weighted by Gasteiger charge is -2.12. The summed E-state index contributed by atoms with van der Waals surface area (Å²) in [6.07, 6.45) is 2.32. The SMILES string of the molecule is CNC1CCc2c(Br)cc(OC)cc21. The summed E-state index contributed by atoms with van der Waals surface area (Å²) in [5.74, 6) is 0.928. The molecular weight excluding hydrogens is 242 g/mol. The molecule has 0 saturated heterocycles. The fraction of sp³-hybridized carbons (Fsp3) is 0.455. The van der Waals surface area contributed by atoms with E-state index in [0.717, 1.165) is 12.2 Å². The molecule has 0 aliphatic heterocycles. The van der Waals surface area contributed by atoms with Gasteiger partial charge in [0, 0.05) is 10.5 Å². The molecule has 1 aliphatic carbocycles. The van der Waals surface area contributed by atoms with E-state index in [1.54, 1.807) is 7.11 Å². The fourth-order valence-corrected chi connectivity index (χ4v) is 2.72. The van der Waals surface area contributed by atoms with Crippen molar-refractivity contribution in [1.82, 2.24) is 5.32 Å². The van der Waals surface area contributed by atoms with E-state index >= 15 is 0 Å². The van der Waals surface area contributed by atoms with Gasteiger partial charge in [-0.2, -0.15) is 0 Å². The van der Waals surface area contributed by atoms with Crippen LogP contribution >= 0.6 is 15.9 Å². The molecule has 14 heavy (non-hydrogen) atoms. The predicted molar refractivity (Wildman–Crippen MR) is 60.8 cm³/mol. The highest BCUT2D eigenvalue weighted by Crippen LogP contribution is 2.38. The third-order valence-electron chi connectivity index (χ3n) is 2.85. The van der Waals surface area contributed by atoms with Gasteiger partial charge >= 0.3 is 0 Å². The average Bonchev–Trinajstić information content (AvgIpc) is 2.61. The Labute approximate surface area is 92.8 Å². The molecule has 0 amide bonds. The van der Waals surface area contributed by atoms with Crippen LogP contribution in [0, 0.1) is 0 Å². The molecule has 0 radical (unpaired) electrons. The molecule has 1 aromatic rings. The van der Waals surface area contributed by atoms with Crippen LogP contribution in [-0.2, 0) is 6.42 Å². The molecule has 1 atom stereocenters. The minimum absolute atomic E-state index is 0.483. The third kappa shape index (κ3) is 1.55. The molecular formula is C11H14BrNO. The second-order valence-corrected chi connectivity index (χ2v) is 4.41. The van der Waals surface area contributed by atoms with Crippen molar-refractivity contribution in [3.63, 3.8) is 0 Å². The highest BCUT2D eigenvalue weighted by Gasteiger charge is 2.23. The zero-order valence-corrected chi connectivity index (χ0v) is 10.0. The van der Waals surface area contributed by atoms with E-state index in [-0.39, 0.29) is 0 Å². The van der Waals surface area contributed by atoms with E-state index in [1.165, 1.54) is 22.0 Å². The molecule has 1 N–H and O–H groups in total. The summed E-state index contributed by atoms with van der Waals surface area (Å²) < 4.78 is 6.43. The fourth-order valence-electron chi connectivity index (χ4n) is 2.07. The minimum atomic E-state index is 0.483. The standard InChI is InChI=1S/C11H14BrNO/c1-13-11-4-3-8-9(11)5-7(14-2)6-10(8)12/h5-6,11,13H,3-4H2,1-2H3. The van der Waals surface area contributed by atoms with Crippen LogP contribution in [0.4, 0.5) is 0 Å². The first kappa shape index (κ1) is 9.99. The number of hydrogen-bond donors (Lipinski definition) is 1. The van der Waals surface area contributed by atoms with Gasteiger partial charge in [0.15, 0.2) is 0 Å². The molecule has 0 heterocycles. The van der Waals surface area contributed by atoms with Gasteiger partial charge < -0.3 is 10.1 Å². The molecule has 2 nitrogen and oxygen atoms in total. The van der Waals surface area contributed by atoms with Crippen molar-refractivity contribution >= 4 is 15.9 Å². The smallest absolute Gasteiger partial charge is 0.120 e. The van der Waals surface area contributed by atoms with Gasteiger partial charge in [-0.25, -0.2) is 0 Å². The van der Waals surface area contributed by atoms with Crippen LogP contribution in [0.3, 0.4) is 0 Å². The first-order chi connectivity index (χ1) is 6.76. The highest BCUT2D eigenvalue weighted by atomic mass is 79.9. The zero-order chi connectivity index (χ0) is 10.1. The van der Waals surface area contributed by atoms with E-state index < -0.39 is 0 Å². The van der Waals surface area contributed by atoms with Crippen molar-refractivity contribution in [3.8, 4) is 5.75 Å². The lowest BCUT2D eigenvalue weighted by molar-refractivity contribution is 0.413. The maximum atomic E-state index is 5.26. The molecule has 1 aliphatic rings. The molecule has 3 heteroatoms. The van der Waals surface area contributed by atoms with Crippen molar-refractivity contribution in [2.24, 2.45) is 0 Å². The van der Waals surface area contributed by atoms with Crippen LogP contribution in [0.1, 0.15) is 23.6 Å². The maximum absolute atomic E-state index is 5.26. The Morgan fingerprint density at radius 3 is 2.93 bits per heavy atom. The predicted octanol–water partition coefficient (Wildman–Crippen LogP) is 2.66. The summed E-state index contributed by atoms with van der Waals surface area (Å²) in [5, 5.41) is 3.32. The van der Waals surface area contributed by atoms with Crippen molar-refractivity contribution in [3.05, 3.63) is 27.7 Å². The lowest BCUT2D eigenvalue weighted by atomic mass is 10.1. The third-order valence-corrected chi connectivity index (χ3v) is 3.55. The monoisotopic (exact) mass is 255 g/mol. The molecule has 0 spiro atoms. The molecule has 0 bridgehead atoms. The maximum Gasteiger partial charge on any atom is 0.120 e. The lowest BCUT2D eigenvalue weighted by Crippen LogP contribution is -2.12. The van der Waals surface area contributed by atoms with Gasteiger partial charge in [0.25, 0.3) is 0 Å². The van der Waals surface area contributed by atoms with Gasteiger partial charge in [0.05, 0.1) is 7.11 Å². The van der Waals surface area contributed by atoms with Gasteiger partial charge in [0.1, 0.15) is 5.75 Å². The van der Waals surface area contributed by atoms with E-state index in [0.29, 0.717) is 6.04 Å². The number of fused-ring (bicyclic) bond motifs is 1. The van der Waals surface area contributed by atoms with Crippen LogP contribution in [0.5, 0.6) is 5.75 Å². The quantitative estimate of drug-likeness (QED) is 0.878. The summed E-state index contributed by atoms with van der Waals surface area (Å²) in [5.41, 5.74) is 2.80. The second-order valence-electron chi connectivity index (χ2n) is 3.56. The van der Waals surface area contributed by atoms with Gasteiger partial charge in [-0.05, 0) is 43.1 Å². The Hall–Kier alpha value is -0.540. The van der Waals surface area contributed by atoms with Gasteiger partial charge in [-0.1, -0.05) is 15.9 Å². The number of hydrogen-bond acceptors (Lipinski definition) is 2. The molecule has 0 saturated carbocycles. The van der Waals surface area contributed by atoms with E-state index in [1.807, 2.05) is 13.1 Å². The van der Waals surface area contributed by atoms with Crippen LogP contribution in [-0.4, -0.2) is 14.2 Å². The van der Waals surface area contributed by atoms with E-state index in [4.69, 9.17) is 4.74 Å². The average molecular weight is 256 g/mol. The zero-order valence-electron chi connectivity index (χ0n) is 8.43. The number of nitrogens with one attached hydrogen (secondary N) is 1. The topological polar surface area (TPSA) is 21.3 Å². The second kappa shape index (κ2) is 3.91. The Kier molecular flexibility index (Phi) is 2.79. The highest BCUT2D eigenvalue weighted by molar-refractivity contribution is 9.10. The Balaban J connectivity index is 2.47. The summed E-state index contributed by atoms with van der Waals surface area (Å²) in [7, 11) is 3.71. The number of rotatable bonds is 2. The van der Waals surface area contributed by atoms with Gasteiger partial charge in [-0.15, -0.1) is 0 Å². The minimum Gasteiger partial charge on any atom is -0.497 e. The summed E-state index contributed by atoms with van der Waals surface area (Å²) in [4.78, 5) is 0. The van der Waals surface area contributed by atoms with Crippen molar-refractivity contribution in [2.45, 2.75) is 18.9 Å². The molecule has 0 fully saturated rings. The van der Waals surface area contributed by atoms with Crippen molar-refractivity contribution < 1.29 is 4.74 Å². The molecule has 0 aromatic heterocycles. The van der Waals surface area contributed by atoms with E-state index in [9.17, 15) is 0 Å². The largest absolute Gasteiger partial charge is 0.497 e. The molecule has 1 unspecified atom stereocenters. The van der Waals surface area contributed by atoms with Crippen molar-refractivity contribution in [1.29, 1.82) is 0 Å². The van der Waals surface area contributed by atoms with Gasteiger partial charge in [-0.3, -0.25) is 0 Å². The van der Waals surface area contributed by atoms with Gasteiger partial charge in [0.2, 0.25) is 0 Å². The van der Waals surface area contributed by atoms with Crippen molar-refractivity contribution in [2.75, 3.05) is 14.2 Å². The Bertz CT molecular complexity index is 351. The van der Waals surface area contributed by atoms with Crippen LogP contribution in [0.25, 0.3) is 0 Å². The van der Waals surface area contributed by atoms with Crippen LogP contribution < -0.4 is 10.1 Å². The van der Waals surface area contributed by atoms with Crippen LogP contribution in [0.15, 0.2) is 16.6 Å². The van der Waals surface area contributed by atoms with E-state index in [2.05, 4.69) is 27.3 Å². The number of halogens is 1. The normalized spacial score (nSPS) is 19.5. The first-order valence-corrected chi connectivity index (χ1v) is 5.59. The molecule has 76 valence electrons. The molecule has 2 rings (SSSR count). The summed E-state index contributed by atoms with van der Waals surface area (Å²) >= 11 is 3.59. The molecule has 1 aromatic carbocycles. The number of benzene rings is 1. The number of methoxy groups -OCH3 is 1. The first-order valence-electron chi connectivity index (χ1n) is 4.80. The Morgan fingerprint density at radius 2 is 2.29 bits per heavy atom. The summed E-state index contributed by atoms with van der Waals surface area (Å²) in [6, 6.07) is 4.65. The number of ether oxygens (including phenoxy) is 1. The summed E-state index contributed by atoms with van der Waals surface area (Å²) in [6.45, 7) is 0. The Morgan fingerprint density at radius 1 is 1.50 bits per heavy atom. The van der Waals surface area contributed by atoms with Crippen LogP contribution in [0.2, 0.25) is 0 Å².